The number of ether oxygens (including phenoxy) is 1. The van der Waals surface area contributed by atoms with E-state index in [1.165, 1.54) is 0 Å². The molecule has 0 bridgehead atoms. The molecule has 1 fully saturated rings. The lowest BCUT2D eigenvalue weighted by molar-refractivity contribution is -0.142. The van der Waals surface area contributed by atoms with Crippen molar-refractivity contribution >= 4 is 23.6 Å². The number of nitrogens with zero attached hydrogens (tertiary/aromatic N) is 3. The van der Waals surface area contributed by atoms with Crippen LogP contribution in [-0.2, 0) is 4.79 Å². The summed E-state index contributed by atoms with van der Waals surface area (Å²) in [6.07, 6.45) is 0. The first kappa shape index (κ1) is 12.5. The first-order chi connectivity index (χ1) is 9.56. The molecule has 106 valence electrons. The quantitative estimate of drug-likeness (QED) is 0.609. The molecule has 2 aliphatic rings. The maximum absolute atomic E-state index is 11.8. The summed E-state index contributed by atoms with van der Waals surface area (Å²) in [6.45, 7) is 1.31. The van der Waals surface area contributed by atoms with Gasteiger partial charge in [0.1, 0.15) is 18.0 Å². The smallest absolute Gasteiger partial charge is 0.310 e. The summed E-state index contributed by atoms with van der Waals surface area (Å²) < 4.78 is 5.38. The molecule has 1 amide bonds. The van der Waals surface area contributed by atoms with Crippen LogP contribution in [0.25, 0.3) is 0 Å². The van der Waals surface area contributed by atoms with Gasteiger partial charge in [0.25, 0.3) is 5.91 Å². The van der Waals surface area contributed by atoms with E-state index in [-0.39, 0.29) is 29.1 Å². The second-order valence-electron chi connectivity index (χ2n) is 4.63. The number of nitrogens with one attached hydrogen (secondary N) is 1. The highest BCUT2D eigenvalue weighted by molar-refractivity contribution is 6.01. The van der Waals surface area contributed by atoms with Crippen molar-refractivity contribution in [3.63, 3.8) is 0 Å². The molecule has 0 aliphatic carbocycles. The number of anilines is 2. The Kier molecular flexibility index (Phi) is 2.81. The summed E-state index contributed by atoms with van der Waals surface area (Å²) in [5.74, 6) is -1.19. The van der Waals surface area contributed by atoms with Crippen molar-refractivity contribution in [3.8, 4) is 5.88 Å². The average Bonchev–Trinajstić information content (AvgIpc) is 2.49. The fraction of sp³-hybridized carbons (Fsp3) is 0.455. The van der Waals surface area contributed by atoms with E-state index in [9.17, 15) is 9.59 Å². The zero-order valence-electron chi connectivity index (χ0n) is 10.5. The zero-order valence-corrected chi connectivity index (χ0v) is 10.5. The predicted octanol–water partition coefficient (Wildman–Crippen LogP) is -1.30. The molecule has 20 heavy (non-hydrogen) atoms. The zero-order chi connectivity index (χ0) is 14.3. The number of carboxylic acids is 1. The van der Waals surface area contributed by atoms with Crippen LogP contribution in [0.2, 0.25) is 0 Å². The number of hydrogen-bond acceptors (Lipinski definition) is 7. The Morgan fingerprint density at radius 3 is 2.90 bits per heavy atom. The lowest BCUT2D eigenvalue weighted by atomic mass is 10.0. The third-order valence-corrected chi connectivity index (χ3v) is 3.26. The van der Waals surface area contributed by atoms with Gasteiger partial charge in [-0.25, -0.2) is 0 Å². The number of nitrogen functional groups attached to an aromatic ring is 1. The number of aliphatic carboxylic acids is 1. The number of amides is 1. The molecular formula is C11H13N5O4. The Bertz CT molecular complexity index is 584. The molecule has 1 aromatic heterocycles. The highest BCUT2D eigenvalue weighted by atomic mass is 16.5. The van der Waals surface area contributed by atoms with Crippen LogP contribution >= 0.6 is 0 Å². The second-order valence-corrected chi connectivity index (χ2v) is 4.63. The lowest BCUT2D eigenvalue weighted by Crippen LogP contribution is -2.51. The fourth-order valence-corrected chi connectivity index (χ4v) is 2.10. The second kappa shape index (κ2) is 4.51. The number of fused-ring (bicyclic) bond motifs is 1. The van der Waals surface area contributed by atoms with E-state index in [1.54, 1.807) is 4.90 Å². The first-order valence-corrected chi connectivity index (χ1v) is 6.12. The van der Waals surface area contributed by atoms with Crippen molar-refractivity contribution in [1.82, 2.24) is 15.3 Å². The van der Waals surface area contributed by atoms with Crippen LogP contribution in [0.3, 0.4) is 0 Å². The van der Waals surface area contributed by atoms with Crippen molar-refractivity contribution < 1.29 is 19.4 Å². The number of hydrogen-bond donors (Lipinski definition) is 3. The van der Waals surface area contributed by atoms with Crippen LogP contribution in [0.4, 0.5) is 11.8 Å². The standard InChI is InChI=1S/C11H13N5O4/c12-7-6-8(17)13-1-2-20-9(6)15-11(14-7)16-3-5(4-16)10(18)19/h5H,1-4H2,(H,13,17)(H,18,19)(H2,12,14,15). The van der Waals surface area contributed by atoms with Gasteiger partial charge in [0.15, 0.2) is 0 Å². The summed E-state index contributed by atoms with van der Waals surface area (Å²) >= 11 is 0. The molecule has 1 aromatic rings. The van der Waals surface area contributed by atoms with Crippen molar-refractivity contribution in [3.05, 3.63) is 5.56 Å². The number of carbonyl (C=O) groups is 2. The van der Waals surface area contributed by atoms with Gasteiger partial charge in [-0.2, -0.15) is 9.97 Å². The Balaban J connectivity index is 1.88. The topological polar surface area (TPSA) is 131 Å². The summed E-state index contributed by atoms with van der Waals surface area (Å²) in [6, 6.07) is 0. The molecule has 0 saturated carbocycles. The number of aromatic nitrogens is 2. The van der Waals surface area contributed by atoms with E-state index in [2.05, 4.69) is 15.3 Å². The van der Waals surface area contributed by atoms with Crippen molar-refractivity contribution in [2.24, 2.45) is 5.92 Å². The molecule has 9 heteroatoms. The van der Waals surface area contributed by atoms with Gasteiger partial charge >= 0.3 is 5.97 Å². The molecule has 0 spiro atoms. The molecule has 9 nitrogen and oxygen atoms in total. The van der Waals surface area contributed by atoms with Crippen LogP contribution in [0.1, 0.15) is 10.4 Å². The number of carbonyl (C=O) groups excluding carboxylic acids is 1. The molecule has 3 rings (SSSR count). The Hall–Kier alpha value is -2.58. The highest BCUT2D eigenvalue weighted by Gasteiger charge is 2.35. The minimum Gasteiger partial charge on any atom is -0.481 e. The SMILES string of the molecule is Nc1nc(N2CC(C(=O)O)C2)nc2c1C(=O)NCCO2. The fourth-order valence-electron chi connectivity index (χ4n) is 2.10. The van der Waals surface area contributed by atoms with Gasteiger partial charge in [-0.1, -0.05) is 0 Å². The number of carboxylic acid groups (broad SMARTS) is 1. The van der Waals surface area contributed by atoms with Gasteiger partial charge in [0, 0.05) is 13.1 Å². The highest BCUT2D eigenvalue weighted by Crippen LogP contribution is 2.28. The average molecular weight is 279 g/mol. The molecule has 0 atom stereocenters. The van der Waals surface area contributed by atoms with E-state index in [0.29, 0.717) is 26.2 Å². The van der Waals surface area contributed by atoms with Gasteiger partial charge in [0.2, 0.25) is 11.8 Å². The largest absolute Gasteiger partial charge is 0.481 e. The lowest BCUT2D eigenvalue weighted by Gasteiger charge is -2.36. The van der Waals surface area contributed by atoms with E-state index in [1.807, 2.05) is 0 Å². The molecule has 0 unspecified atom stereocenters. The summed E-state index contributed by atoms with van der Waals surface area (Å²) in [4.78, 5) is 32.5. The Morgan fingerprint density at radius 2 is 2.20 bits per heavy atom. The summed E-state index contributed by atoms with van der Waals surface area (Å²) in [5, 5.41) is 11.5. The predicted molar refractivity (Wildman–Crippen MR) is 67.6 cm³/mol. The van der Waals surface area contributed by atoms with Crippen LogP contribution < -0.4 is 20.7 Å². The maximum Gasteiger partial charge on any atom is 0.310 e. The van der Waals surface area contributed by atoms with E-state index < -0.39 is 11.9 Å². The van der Waals surface area contributed by atoms with E-state index in [4.69, 9.17) is 15.6 Å². The van der Waals surface area contributed by atoms with Crippen molar-refractivity contribution in [2.75, 3.05) is 36.9 Å². The maximum atomic E-state index is 11.8. The summed E-state index contributed by atoms with van der Waals surface area (Å²) in [7, 11) is 0. The van der Waals surface area contributed by atoms with Crippen LogP contribution in [0, 0.1) is 5.92 Å². The van der Waals surface area contributed by atoms with Gasteiger partial charge in [-0.3, -0.25) is 9.59 Å². The molecule has 1 saturated heterocycles. The normalized spacial score (nSPS) is 18.4. The third kappa shape index (κ3) is 1.96. The molecule has 0 radical (unpaired) electrons. The van der Waals surface area contributed by atoms with E-state index >= 15 is 0 Å². The van der Waals surface area contributed by atoms with Crippen molar-refractivity contribution in [1.29, 1.82) is 0 Å². The van der Waals surface area contributed by atoms with Crippen molar-refractivity contribution in [2.45, 2.75) is 0 Å². The van der Waals surface area contributed by atoms with Crippen LogP contribution in [0.5, 0.6) is 5.88 Å². The van der Waals surface area contributed by atoms with Crippen LogP contribution in [0.15, 0.2) is 0 Å². The Labute approximate surface area is 113 Å². The molecule has 2 aliphatic heterocycles. The monoisotopic (exact) mass is 279 g/mol. The first-order valence-electron chi connectivity index (χ1n) is 6.12. The van der Waals surface area contributed by atoms with E-state index in [0.717, 1.165) is 0 Å². The molecule has 4 N–H and O–H groups in total. The third-order valence-electron chi connectivity index (χ3n) is 3.26. The number of nitrogens with two attached hydrogens (primary N) is 1. The van der Waals surface area contributed by atoms with Gasteiger partial charge in [-0.15, -0.1) is 0 Å². The molecule has 0 aromatic carbocycles. The van der Waals surface area contributed by atoms with Crippen LogP contribution in [-0.4, -0.2) is 53.2 Å². The minimum absolute atomic E-state index is 0.0307. The number of rotatable bonds is 2. The molecular weight excluding hydrogens is 266 g/mol. The minimum atomic E-state index is -0.848. The van der Waals surface area contributed by atoms with Gasteiger partial charge in [-0.05, 0) is 0 Å². The molecule has 3 heterocycles. The van der Waals surface area contributed by atoms with Gasteiger partial charge < -0.3 is 25.8 Å². The van der Waals surface area contributed by atoms with Gasteiger partial charge in [0.05, 0.1) is 12.5 Å². The Morgan fingerprint density at radius 1 is 1.45 bits per heavy atom. The summed E-state index contributed by atoms with van der Waals surface area (Å²) in [5.41, 5.74) is 5.90.